The zero-order valence-electron chi connectivity index (χ0n) is 13.9. The normalized spacial score (nSPS) is 16.4. The minimum absolute atomic E-state index is 0. The summed E-state index contributed by atoms with van der Waals surface area (Å²) < 4.78 is 63.4. The van der Waals surface area contributed by atoms with E-state index in [-0.39, 0.29) is 41.9 Å². The summed E-state index contributed by atoms with van der Waals surface area (Å²) in [7, 11) is 2.71. The quantitative estimate of drug-likeness (QED) is 0.754. The molecular formula is C15H22Cl2F4N2O2. The number of halogens is 6. The summed E-state index contributed by atoms with van der Waals surface area (Å²) in [5.74, 6) is -0.360. The van der Waals surface area contributed by atoms with Crippen LogP contribution >= 0.6 is 24.8 Å². The Morgan fingerprint density at radius 2 is 1.60 bits per heavy atom. The Morgan fingerprint density at radius 3 is 2.08 bits per heavy atom. The van der Waals surface area contributed by atoms with E-state index in [1.165, 1.54) is 20.3 Å². The fraction of sp³-hybridized carbons (Fsp3) is 0.600. The van der Waals surface area contributed by atoms with Gasteiger partial charge in [-0.15, -0.1) is 24.8 Å². The standard InChI is InChI=1S/C15H20F4N2O2.2ClH/c1-22-13-7-10(11(16)8-14(13)23-2)12(9-15(17,18)19)21-5-3-20-4-6-21;;/h7-8,12,20H,3-6,9H2,1-2H3;2*1H/t12-;;/m0../s1. The van der Waals surface area contributed by atoms with Crippen LogP contribution in [0.1, 0.15) is 18.0 Å². The first-order valence-corrected chi connectivity index (χ1v) is 7.28. The summed E-state index contributed by atoms with van der Waals surface area (Å²) in [6, 6.07) is 1.28. The van der Waals surface area contributed by atoms with Crippen LogP contribution in [0.5, 0.6) is 11.5 Å². The van der Waals surface area contributed by atoms with Crippen LogP contribution in [0.15, 0.2) is 12.1 Å². The van der Waals surface area contributed by atoms with E-state index in [2.05, 4.69) is 5.32 Å². The molecule has 4 nitrogen and oxygen atoms in total. The molecule has 0 aliphatic carbocycles. The highest BCUT2D eigenvalue weighted by atomic mass is 35.5. The molecule has 0 amide bonds. The number of nitrogens with zero attached hydrogens (tertiary/aromatic N) is 1. The Hall–Kier alpha value is -0.960. The molecular weight excluding hydrogens is 387 g/mol. The molecule has 1 aromatic carbocycles. The summed E-state index contributed by atoms with van der Waals surface area (Å²) >= 11 is 0. The van der Waals surface area contributed by atoms with Crippen LogP contribution in [0.2, 0.25) is 0 Å². The fourth-order valence-electron chi connectivity index (χ4n) is 2.77. The first kappa shape index (κ1) is 24.0. The predicted octanol–water partition coefficient (Wildman–Crippen LogP) is 3.59. The smallest absolute Gasteiger partial charge is 0.390 e. The van der Waals surface area contributed by atoms with Gasteiger partial charge in [0.2, 0.25) is 0 Å². The van der Waals surface area contributed by atoms with E-state index in [1.54, 1.807) is 4.90 Å². The second-order valence-electron chi connectivity index (χ2n) is 5.35. The lowest BCUT2D eigenvalue weighted by atomic mass is 9.99. The van der Waals surface area contributed by atoms with Crippen LogP contribution in [0, 0.1) is 5.82 Å². The number of nitrogens with one attached hydrogen (secondary N) is 1. The number of benzene rings is 1. The van der Waals surface area contributed by atoms with Gasteiger partial charge >= 0.3 is 6.18 Å². The van der Waals surface area contributed by atoms with E-state index in [4.69, 9.17) is 9.47 Å². The molecule has 1 fully saturated rings. The molecule has 1 saturated heterocycles. The number of methoxy groups -OCH3 is 2. The predicted molar refractivity (Wildman–Crippen MR) is 91.9 cm³/mol. The van der Waals surface area contributed by atoms with E-state index in [0.29, 0.717) is 26.2 Å². The second kappa shape index (κ2) is 10.3. The van der Waals surface area contributed by atoms with Gasteiger partial charge in [-0.05, 0) is 6.07 Å². The van der Waals surface area contributed by atoms with Crippen LogP contribution in [-0.2, 0) is 0 Å². The third-order valence-electron chi connectivity index (χ3n) is 3.88. The zero-order chi connectivity index (χ0) is 17.0. The van der Waals surface area contributed by atoms with Gasteiger partial charge in [0, 0.05) is 43.9 Å². The molecule has 2 rings (SSSR count). The number of alkyl halides is 3. The van der Waals surface area contributed by atoms with Gasteiger partial charge in [-0.2, -0.15) is 13.2 Å². The molecule has 10 heteroatoms. The second-order valence-corrected chi connectivity index (χ2v) is 5.35. The molecule has 0 aromatic heterocycles. The number of piperazine rings is 1. The number of hydrogen-bond donors (Lipinski definition) is 1. The molecule has 1 N–H and O–H groups in total. The van der Waals surface area contributed by atoms with Crippen molar-refractivity contribution in [3.63, 3.8) is 0 Å². The SMILES string of the molecule is COc1cc(F)c([C@H](CC(F)(F)F)N2CCNCC2)cc1OC.Cl.Cl. The van der Waals surface area contributed by atoms with Crippen molar-refractivity contribution in [3.05, 3.63) is 23.5 Å². The molecule has 0 spiro atoms. The van der Waals surface area contributed by atoms with Crippen LogP contribution in [0.4, 0.5) is 17.6 Å². The molecule has 0 unspecified atom stereocenters. The van der Waals surface area contributed by atoms with Crippen molar-refractivity contribution < 1.29 is 27.0 Å². The minimum atomic E-state index is -4.39. The van der Waals surface area contributed by atoms with Crippen LogP contribution < -0.4 is 14.8 Å². The van der Waals surface area contributed by atoms with Gasteiger partial charge in [0.05, 0.1) is 20.6 Å². The van der Waals surface area contributed by atoms with Gasteiger partial charge in [0.15, 0.2) is 11.5 Å². The fourth-order valence-corrected chi connectivity index (χ4v) is 2.77. The van der Waals surface area contributed by atoms with Gasteiger partial charge in [-0.1, -0.05) is 0 Å². The maximum Gasteiger partial charge on any atom is 0.390 e. The Morgan fingerprint density at radius 1 is 1.08 bits per heavy atom. The summed E-state index contributed by atoms with van der Waals surface area (Å²) in [5, 5.41) is 3.08. The van der Waals surface area contributed by atoms with Crippen molar-refractivity contribution >= 4 is 24.8 Å². The van der Waals surface area contributed by atoms with E-state index < -0.39 is 24.5 Å². The van der Waals surface area contributed by atoms with Crippen molar-refractivity contribution in [1.82, 2.24) is 10.2 Å². The summed E-state index contributed by atoms with van der Waals surface area (Å²) in [6.45, 7) is 2.00. The molecule has 1 aliphatic rings. The highest BCUT2D eigenvalue weighted by molar-refractivity contribution is 5.85. The van der Waals surface area contributed by atoms with Gasteiger partial charge in [-0.25, -0.2) is 4.39 Å². The minimum Gasteiger partial charge on any atom is -0.493 e. The highest BCUT2D eigenvalue weighted by Gasteiger charge is 2.37. The first-order chi connectivity index (χ1) is 10.9. The van der Waals surface area contributed by atoms with E-state index in [1.807, 2.05) is 0 Å². The van der Waals surface area contributed by atoms with E-state index >= 15 is 0 Å². The number of ether oxygens (including phenoxy) is 2. The van der Waals surface area contributed by atoms with Crippen LogP contribution in [0.3, 0.4) is 0 Å². The van der Waals surface area contributed by atoms with Gasteiger partial charge in [0.1, 0.15) is 5.82 Å². The molecule has 1 aliphatic heterocycles. The maximum atomic E-state index is 14.4. The Kier molecular flexibility index (Phi) is 9.86. The van der Waals surface area contributed by atoms with Crippen LogP contribution in [0.25, 0.3) is 0 Å². The van der Waals surface area contributed by atoms with Crippen LogP contribution in [-0.4, -0.2) is 51.5 Å². The summed E-state index contributed by atoms with van der Waals surface area (Å²) in [5.41, 5.74) is -0.0260. The van der Waals surface area contributed by atoms with Crippen molar-refractivity contribution in [1.29, 1.82) is 0 Å². The van der Waals surface area contributed by atoms with E-state index in [0.717, 1.165) is 6.07 Å². The Balaban J connectivity index is 0.00000288. The Labute approximate surface area is 156 Å². The molecule has 146 valence electrons. The third kappa shape index (κ3) is 6.36. The molecule has 1 atom stereocenters. The molecule has 1 heterocycles. The Bertz CT molecular complexity index is 541. The highest BCUT2D eigenvalue weighted by Crippen LogP contribution is 2.39. The maximum absolute atomic E-state index is 14.4. The van der Waals surface area contributed by atoms with Gasteiger partial charge in [-0.3, -0.25) is 4.90 Å². The first-order valence-electron chi connectivity index (χ1n) is 7.28. The average molecular weight is 409 g/mol. The molecule has 25 heavy (non-hydrogen) atoms. The molecule has 0 bridgehead atoms. The number of rotatable bonds is 5. The third-order valence-corrected chi connectivity index (χ3v) is 3.88. The molecule has 1 aromatic rings. The van der Waals surface area contributed by atoms with Crippen molar-refractivity contribution in [2.75, 3.05) is 40.4 Å². The lowest BCUT2D eigenvalue weighted by molar-refractivity contribution is -0.149. The monoisotopic (exact) mass is 408 g/mol. The van der Waals surface area contributed by atoms with Gasteiger partial charge in [0.25, 0.3) is 0 Å². The zero-order valence-corrected chi connectivity index (χ0v) is 15.5. The van der Waals surface area contributed by atoms with Crippen molar-refractivity contribution in [3.8, 4) is 11.5 Å². The number of hydrogen-bond acceptors (Lipinski definition) is 4. The van der Waals surface area contributed by atoms with Crippen molar-refractivity contribution in [2.24, 2.45) is 0 Å². The largest absolute Gasteiger partial charge is 0.493 e. The summed E-state index contributed by atoms with van der Waals surface area (Å²) in [6.07, 6.45) is -5.51. The topological polar surface area (TPSA) is 33.7 Å². The summed E-state index contributed by atoms with van der Waals surface area (Å²) in [4.78, 5) is 1.65. The average Bonchev–Trinajstić information content (AvgIpc) is 2.52. The molecule has 0 radical (unpaired) electrons. The van der Waals surface area contributed by atoms with Crippen molar-refractivity contribution in [2.45, 2.75) is 18.6 Å². The van der Waals surface area contributed by atoms with E-state index in [9.17, 15) is 17.6 Å². The van der Waals surface area contributed by atoms with Gasteiger partial charge < -0.3 is 14.8 Å². The lowest BCUT2D eigenvalue weighted by Gasteiger charge is -2.36. The molecule has 0 saturated carbocycles. The lowest BCUT2D eigenvalue weighted by Crippen LogP contribution is -2.46.